The highest BCUT2D eigenvalue weighted by molar-refractivity contribution is 9.10. The maximum absolute atomic E-state index is 13.6. The minimum Gasteiger partial charge on any atom is -0.506 e. The lowest BCUT2D eigenvalue weighted by atomic mass is 10.00. The highest BCUT2D eigenvalue weighted by atomic mass is 79.9. The number of aromatic nitrogens is 1. The summed E-state index contributed by atoms with van der Waals surface area (Å²) in [6.45, 7) is 4.64. The molecule has 2 aliphatic rings. The van der Waals surface area contributed by atoms with Crippen LogP contribution in [0.1, 0.15) is 71.1 Å². The molecule has 1 aromatic heterocycles. The lowest BCUT2D eigenvalue weighted by molar-refractivity contribution is 0.0527. The Morgan fingerprint density at radius 1 is 1.25 bits per heavy atom. The first-order chi connectivity index (χ1) is 16.9. The zero-order valence-electron chi connectivity index (χ0n) is 20.5. The van der Waals surface area contributed by atoms with Crippen LogP contribution in [0.2, 0.25) is 0 Å². The second-order valence-corrected chi connectivity index (χ2v) is 10.7. The van der Waals surface area contributed by atoms with Crippen molar-refractivity contribution < 1.29 is 19.4 Å². The maximum atomic E-state index is 13.6. The number of halogens is 2. The summed E-state index contributed by atoms with van der Waals surface area (Å²) in [5.41, 5.74) is 3.97. The van der Waals surface area contributed by atoms with E-state index in [1.165, 1.54) is 0 Å². The highest BCUT2D eigenvalue weighted by Gasteiger charge is 2.37. The molecule has 1 saturated heterocycles. The van der Waals surface area contributed by atoms with Gasteiger partial charge < -0.3 is 19.1 Å². The number of carbonyl (C=O) groups excluding carboxylic acids is 1. The molecule has 0 spiro atoms. The Morgan fingerprint density at radius 2 is 1.97 bits per heavy atom. The molecule has 1 N–H and O–H groups in total. The largest absolute Gasteiger partial charge is 0.506 e. The number of rotatable bonds is 8. The Morgan fingerprint density at radius 3 is 2.61 bits per heavy atom. The van der Waals surface area contributed by atoms with Crippen molar-refractivity contribution >= 4 is 57.8 Å². The lowest BCUT2D eigenvalue weighted by Crippen LogP contribution is -2.19. The van der Waals surface area contributed by atoms with Gasteiger partial charge in [0.25, 0.3) is 0 Å². The molecule has 0 amide bonds. The molecule has 1 aliphatic carbocycles. The average molecular weight is 596 g/mol. The van der Waals surface area contributed by atoms with Crippen LogP contribution in [0.15, 0.2) is 34.8 Å². The number of hydrogen-bond donors (Lipinski definition) is 2. The van der Waals surface area contributed by atoms with E-state index in [1.807, 2.05) is 37.3 Å². The van der Waals surface area contributed by atoms with Crippen molar-refractivity contribution in [1.82, 2.24) is 9.47 Å². The summed E-state index contributed by atoms with van der Waals surface area (Å²) in [5.74, 6) is 0.549. The quantitative estimate of drug-likeness (QED) is 0.225. The number of phenols is 1. The van der Waals surface area contributed by atoms with Crippen LogP contribution in [-0.2, 0) is 11.3 Å². The minimum atomic E-state index is -0.377. The lowest BCUT2D eigenvalue weighted by Gasteiger charge is -2.18. The van der Waals surface area contributed by atoms with E-state index in [0.29, 0.717) is 16.6 Å². The number of phenolic OH excluding ortho intramolecular Hbond substituents is 1. The number of carbonyl (C=O) groups is 1. The number of methoxy groups -OCH3 is 1. The molecular formula is C27H32BrClN2O4S. The van der Waals surface area contributed by atoms with Crippen LogP contribution in [0.25, 0.3) is 10.9 Å². The Hall–Kier alpha value is -1.87. The van der Waals surface area contributed by atoms with Gasteiger partial charge in [0.1, 0.15) is 11.5 Å². The molecule has 3 aromatic rings. The van der Waals surface area contributed by atoms with Crippen LogP contribution in [-0.4, -0.2) is 47.3 Å². The number of esters is 1. The second kappa shape index (κ2) is 11.3. The third-order valence-electron chi connectivity index (χ3n) is 7.00. The van der Waals surface area contributed by atoms with Crippen molar-refractivity contribution in [3.05, 3.63) is 57.2 Å². The third kappa shape index (κ3) is 4.97. The van der Waals surface area contributed by atoms with E-state index in [1.54, 1.807) is 7.11 Å². The van der Waals surface area contributed by atoms with E-state index in [-0.39, 0.29) is 42.0 Å². The maximum Gasteiger partial charge on any atom is 0.340 e. The summed E-state index contributed by atoms with van der Waals surface area (Å²) in [7, 11) is 1.64. The van der Waals surface area contributed by atoms with Crippen LogP contribution in [0, 0.1) is 0 Å². The minimum absolute atomic E-state index is 0. The number of likely N-dealkylation sites (tertiary alicyclic amines) is 1. The second-order valence-electron chi connectivity index (χ2n) is 9.32. The van der Waals surface area contributed by atoms with E-state index >= 15 is 0 Å². The zero-order valence-corrected chi connectivity index (χ0v) is 23.8. The van der Waals surface area contributed by atoms with Crippen molar-refractivity contribution in [2.24, 2.45) is 0 Å². The third-order valence-corrected chi connectivity index (χ3v) is 8.15. The number of nitrogens with zero attached hydrogens (tertiary/aromatic N) is 2. The molecule has 9 heteroatoms. The van der Waals surface area contributed by atoms with Crippen molar-refractivity contribution in [2.75, 3.05) is 26.8 Å². The van der Waals surface area contributed by atoms with Gasteiger partial charge in [0.05, 0.1) is 40.2 Å². The SMILES string of the molecule is CCOC(=O)c1c(C(S)c2cccc(OC)c2)n(C2CC2)c2cc(Br)c(O)c(CN3CCCC3)c12.Cl. The smallest absolute Gasteiger partial charge is 0.340 e. The molecule has 1 saturated carbocycles. The van der Waals surface area contributed by atoms with Crippen LogP contribution in [0.3, 0.4) is 0 Å². The molecule has 1 unspecified atom stereocenters. The Bertz CT molecular complexity index is 1270. The van der Waals surface area contributed by atoms with Crippen molar-refractivity contribution in [1.29, 1.82) is 0 Å². The molecule has 6 nitrogen and oxygen atoms in total. The van der Waals surface area contributed by atoms with Gasteiger partial charge in [-0.1, -0.05) is 12.1 Å². The number of aromatic hydroxyl groups is 1. The molecule has 0 radical (unpaired) electrons. The van der Waals surface area contributed by atoms with Crippen LogP contribution < -0.4 is 4.74 Å². The van der Waals surface area contributed by atoms with Gasteiger partial charge >= 0.3 is 5.97 Å². The van der Waals surface area contributed by atoms with Gasteiger partial charge in [0.2, 0.25) is 0 Å². The first-order valence-corrected chi connectivity index (χ1v) is 13.5. The van der Waals surface area contributed by atoms with Crippen LogP contribution >= 0.6 is 41.0 Å². The van der Waals surface area contributed by atoms with Gasteiger partial charge in [-0.2, -0.15) is 12.6 Å². The fourth-order valence-corrected chi connectivity index (χ4v) is 6.09. The Kier molecular flexibility index (Phi) is 8.49. The number of thiol groups is 1. The molecule has 1 aliphatic heterocycles. The van der Waals surface area contributed by atoms with Crippen LogP contribution in [0.4, 0.5) is 0 Å². The molecule has 2 fully saturated rings. The van der Waals surface area contributed by atoms with Crippen molar-refractivity contribution in [2.45, 2.75) is 50.4 Å². The first-order valence-electron chi connectivity index (χ1n) is 12.2. The fourth-order valence-electron chi connectivity index (χ4n) is 5.22. The summed E-state index contributed by atoms with van der Waals surface area (Å²) in [4.78, 5) is 15.9. The highest BCUT2D eigenvalue weighted by Crippen LogP contribution is 2.49. The Labute approximate surface area is 231 Å². The molecular weight excluding hydrogens is 564 g/mol. The summed E-state index contributed by atoms with van der Waals surface area (Å²) in [6, 6.07) is 10.0. The number of hydrogen-bond acceptors (Lipinski definition) is 6. The Balaban J connectivity index is 0.00000304. The van der Waals surface area contributed by atoms with E-state index < -0.39 is 0 Å². The van der Waals surface area contributed by atoms with Gasteiger partial charge in [0.15, 0.2) is 0 Å². The summed E-state index contributed by atoms with van der Waals surface area (Å²) >= 11 is 8.65. The van der Waals surface area contributed by atoms with Gasteiger partial charge in [-0.15, -0.1) is 12.4 Å². The zero-order chi connectivity index (χ0) is 24.7. The number of fused-ring (bicyclic) bond motifs is 1. The van der Waals surface area contributed by atoms with E-state index in [2.05, 4.69) is 25.4 Å². The fraction of sp³-hybridized carbons (Fsp3) is 0.444. The molecule has 5 rings (SSSR count). The van der Waals surface area contributed by atoms with E-state index in [9.17, 15) is 9.90 Å². The van der Waals surface area contributed by atoms with E-state index in [4.69, 9.17) is 22.1 Å². The molecule has 194 valence electrons. The van der Waals surface area contributed by atoms with Gasteiger partial charge in [-0.3, -0.25) is 4.90 Å². The molecule has 1 atom stereocenters. The normalized spacial score (nSPS) is 16.7. The molecule has 36 heavy (non-hydrogen) atoms. The monoisotopic (exact) mass is 594 g/mol. The first kappa shape index (κ1) is 27.2. The predicted octanol–water partition coefficient (Wildman–Crippen LogP) is 6.67. The summed E-state index contributed by atoms with van der Waals surface area (Å²) in [5, 5.41) is 11.6. The number of ether oxygens (including phenoxy) is 2. The predicted molar refractivity (Wildman–Crippen MR) is 151 cm³/mol. The van der Waals surface area contributed by atoms with E-state index in [0.717, 1.165) is 72.2 Å². The van der Waals surface area contributed by atoms with Crippen molar-refractivity contribution in [3.63, 3.8) is 0 Å². The standard InChI is InChI=1S/C27H31BrN2O4S.ClH/c1-3-34-27(32)23-22-19(15-29-11-4-5-12-29)25(31)20(28)14-21(22)30(17-9-10-17)24(23)26(35)16-7-6-8-18(13-16)33-2;/h6-8,13-14,17,26,31,35H,3-5,9-12,15H2,1-2H3;1H. The van der Waals surface area contributed by atoms with Crippen LogP contribution in [0.5, 0.6) is 11.5 Å². The van der Waals surface area contributed by atoms with Gasteiger partial charge in [-0.25, -0.2) is 4.79 Å². The van der Waals surface area contributed by atoms with Gasteiger partial charge in [-0.05, 0) is 85.4 Å². The summed E-state index contributed by atoms with van der Waals surface area (Å²) in [6.07, 6.45) is 4.37. The molecule has 0 bridgehead atoms. The van der Waals surface area contributed by atoms with Gasteiger partial charge in [0, 0.05) is 23.5 Å². The topological polar surface area (TPSA) is 63.9 Å². The molecule has 2 heterocycles. The summed E-state index contributed by atoms with van der Waals surface area (Å²) < 4.78 is 13.9. The number of benzene rings is 2. The van der Waals surface area contributed by atoms with Crippen molar-refractivity contribution in [3.8, 4) is 11.5 Å². The molecule has 2 aromatic carbocycles. The average Bonchev–Trinajstić information content (AvgIpc) is 3.45.